The fraction of sp³-hybridized carbons (Fsp3) is 0.368. The Labute approximate surface area is 156 Å². The largest absolute Gasteiger partial charge is 0.333 e. The highest BCUT2D eigenvalue weighted by Gasteiger charge is 2.30. The van der Waals surface area contributed by atoms with Gasteiger partial charge in [-0.3, -0.25) is 4.79 Å². The molecule has 0 aliphatic carbocycles. The number of amides is 1. The first-order chi connectivity index (χ1) is 12.6. The van der Waals surface area contributed by atoms with Crippen LogP contribution in [0, 0.1) is 6.92 Å². The van der Waals surface area contributed by atoms with Crippen LogP contribution in [-0.2, 0) is 7.05 Å². The molecule has 3 aromatic heterocycles. The highest BCUT2D eigenvalue weighted by atomic mass is 32.1. The average molecular weight is 367 g/mol. The number of hydrogen-bond acceptors (Lipinski definition) is 5. The molecule has 0 N–H and O–H groups in total. The zero-order chi connectivity index (χ0) is 18.1. The number of imidazole rings is 1. The summed E-state index contributed by atoms with van der Waals surface area (Å²) in [6.45, 7) is 2.66. The van der Waals surface area contributed by atoms with E-state index in [0.29, 0.717) is 5.82 Å². The highest BCUT2D eigenvalue weighted by molar-refractivity contribution is 7.12. The van der Waals surface area contributed by atoms with Crippen LogP contribution in [0.3, 0.4) is 0 Å². The summed E-state index contributed by atoms with van der Waals surface area (Å²) in [5, 5.41) is 1.94. The summed E-state index contributed by atoms with van der Waals surface area (Å²) in [7, 11) is 1.95. The van der Waals surface area contributed by atoms with Crippen molar-refractivity contribution >= 4 is 17.2 Å². The van der Waals surface area contributed by atoms with E-state index in [4.69, 9.17) is 0 Å². The van der Waals surface area contributed by atoms with Crippen molar-refractivity contribution in [3.63, 3.8) is 0 Å². The lowest BCUT2D eigenvalue weighted by atomic mass is 9.98. The third kappa shape index (κ3) is 3.14. The van der Waals surface area contributed by atoms with Gasteiger partial charge in [0.2, 0.25) is 0 Å². The number of piperidine rings is 1. The Morgan fingerprint density at radius 2 is 2.19 bits per heavy atom. The standard InChI is InChI=1S/C19H21N5OS/c1-13-21-14(12-15(22-13)18-20-8-10-23(18)2)16-6-3-4-9-24(16)19(25)17-7-5-11-26-17/h5,7-8,10-12,16H,3-4,6,9H2,1-2H3/t16-/m1/s1. The highest BCUT2D eigenvalue weighted by Crippen LogP contribution is 2.33. The van der Waals surface area contributed by atoms with Gasteiger partial charge < -0.3 is 9.47 Å². The summed E-state index contributed by atoms with van der Waals surface area (Å²) >= 11 is 1.49. The molecule has 4 rings (SSSR count). The van der Waals surface area contributed by atoms with Crippen molar-refractivity contribution in [3.8, 4) is 11.5 Å². The zero-order valence-corrected chi connectivity index (χ0v) is 15.7. The SMILES string of the molecule is Cc1nc(-c2nccn2C)cc([C@H]2CCCCN2C(=O)c2cccs2)n1. The molecule has 6 nitrogen and oxygen atoms in total. The third-order valence-electron chi connectivity index (χ3n) is 4.75. The number of likely N-dealkylation sites (tertiary alicyclic amines) is 1. The summed E-state index contributed by atoms with van der Waals surface area (Å²) in [4.78, 5) is 29.4. The lowest BCUT2D eigenvalue weighted by Gasteiger charge is -2.35. The second-order valence-corrected chi connectivity index (χ2v) is 7.52. The normalized spacial score (nSPS) is 17.5. The molecule has 1 saturated heterocycles. The van der Waals surface area contributed by atoms with Crippen LogP contribution in [0.5, 0.6) is 0 Å². The maximum Gasteiger partial charge on any atom is 0.264 e. The van der Waals surface area contributed by atoms with Gasteiger partial charge >= 0.3 is 0 Å². The van der Waals surface area contributed by atoms with Gasteiger partial charge in [0, 0.05) is 26.0 Å². The molecule has 1 aliphatic rings. The van der Waals surface area contributed by atoms with Gasteiger partial charge in [-0.05, 0) is 43.7 Å². The van der Waals surface area contributed by atoms with E-state index in [-0.39, 0.29) is 11.9 Å². The average Bonchev–Trinajstić information content (AvgIpc) is 3.32. The molecule has 1 aliphatic heterocycles. The molecule has 134 valence electrons. The molecule has 0 aromatic carbocycles. The minimum absolute atomic E-state index is 0.0148. The van der Waals surface area contributed by atoms with Crippen LogP contribution in [0.2, 0.25) is 0 Å². The quantitative estimate of drug-likeness (QED) is 0.709. The van der Waals surface area contributed by atoms with Crippen LogP contribution in [0.4, 0.5) is 0 Å². The van der Waals surface area contributed by atoms with E-state index in [1.165, 1.54) is 11.3 Å². The number of rotatable bonds is 3. The zero-order valence-electron chi connectivity index (χ0n) is 14.9. The van der Waals surface area contributed by atoms with Gasteiger partial charge in [-0.25, -0.2) is 15.0 Å². The van der Waals surface area contributed by atoms with Crippen molar-refractivity contribution < 1.29 is 4.79 Å². The molecule has 26 heavy (non-hydrogen) atoms. The monoisotopic (exact) mass is 367 g/mol. The number of carbonyl (C=O) groups excluding carboxylic acids is 1. The number of aromatic nitrogens is 4. The number of hydrogen-bond donors (Lipinski definition) is 0. The van der Waals surface area contributed by atoms with E-state index in [1.54, 1.807) is 6.20 Å². The van der Waals surface area contributed by atoms with E-state index < -0.39 is 0 Å². The Kier molecular flexibility index (Phi) is 4.55. The van der Waals surface area contributed by atoms with Gasteiger partial charge in [-0.15, -0.1) is 11.3 Å². The number of thiophene rings is 1. The van der Waals surface area contributed by atoms with E-state index in [0.717, 1.165) is 47.9 Å². The molecule has 7 heteroatoms. The number of carbonyl (C=O) groups is 1. The molecular formula is C19H21N5OS. The Hall–Kier alpha value is -2.54. The molecule has 0 bridgehead atoms. The third-order valence-corrected chi connectivity index (χ3v) is 5.60. The Morgan fingerprint density at radius 1 is 1.31 bits per heavy atom. The van der Waals surface area contributed by atoms with Crippen molar-refractivity contribution in [2.45, 2.75) is 32.2 Å². The molecule has 4 heterocycles. The summed E-state index contributed by atoms with van der Waals surface area (Å²) in [5.74, 6) is 1.61. The first kappa shape index (κ1) is 16.9. The molecular weight excluding hydrogens is 346 g/mol. The maximum absolute atomic E-state index is 13.0. The van der Waals surface area contributed by atoms with Crippen LogP contribution < -0.4 is 0 Å². The van der Waals surface area contributed by atoms with Gasteiger partial charge in [0.05, 0.1) is 16.6 Å². The minimum Gasteiger partial charge on any atom is -0.333 e. The summed E-state index contributed by atoms with van der Waals surface area (Å²) in [6, 6.07) is 5.78. The molecule has 0 saturated carbocycles. The van der Waals surface area contributed by atoms with Crippen LogP contribution in [0.1, 0.15) is 46.5 Å². The number of aryl methyl sites for hydroxylation is 2. The first-order valence-electron chi connectivity index (χ1n) is 8.81. The van der Waals surface area contributed by atoms with Crippen LogP contribution in [-0.4, -0.2) is 36.9 Å². The minimum atomic E-state index is -0.0148. The van der Waals surface area contributed by atoms with E-state index >= 15 is 0 Å². The van der Waals surface area contributed by atoms with Crippen LogP contribution in [0.25, 0.3) is 11.5 Å². The van der Waals surface area contributed by atoms with E-state index in [2.05, 4.69) is 15.0 Å². The summed E-state index contributed by atoms with van der Waals surface area (Å²) in [6.07, 6.45) is 6.72. The molecule has 1 fully saturated rings. The molecule has 0 unspecified atom stereocenters. The summed E-state index contributed by atoms with van der Waals surface area (Å²) < 4.78 is 1.95. The van der Waals surface area contributed by atoms with Gasteiger partial charge in [-0.1, -0.05) is 6.07 Å². The van der Waals surface area contributed by atoms with E-state index in [9.17, 15) is 4.79 Å². The first-order valence-corrected chi connectivity index (χ1v) is 9.69. The van der Waals surface area contributed by atoms with Gasteiger partial charge in [0.1, 0.15) is 11.5 Å². The number of nitrogens with zero attached hydrogens (tertiary/aromatic N) is 5. The Bertz CT molecular complexity index is 918. The van der Waals surface area contributed by atoms with Gasteiger partial charge in [0.25, 0.3) is 5.91 Å². The van der Waals surface area contributed by atoms with E-state index in [1.807, 2.05) is 53.2 Å². The second kappa shape index (κ2) is 6.99. The lowest BCUT2D eigenvalue weighted by Crippen LogP contribution is -2.38. The van der Waals surface area contributed by atoms with Gasteiger partial charge in [-0.2, -0.15) is 0 Å². The lowest BCUT2D eigenvalue weighted by molar-refractivity contribution is 0.0610. The molecule has 1 amide bonds. The van der Waals surface area contributed by atoms with Crippen molar-refractivity contribution in [1.82, 2.24) is 24.4 Å². The van der Waals surface area contributed by atoms with Crippen molar-refractivity contribution in [1.29, 1.82) is 0 Å². The molecule has 3 aromatic rings. The van der Waals surface area contributed by atoms with Crippen LogP contribution in [0.15, 0.2) is 36.0 Å². The predicted molar refractivity (Wildman–Crippen MR) is 101 cm³/mol. The molecule has 0 radical (unpaired) electrons. The fourth-order valence-electron chi connectivity index (χ4n) is 3.51. The molecule has 1 atom stereocenters. The summed E-state index contributed by atoms with van der Waals surface area (Å²) in [5.41, 5.74) is 1.70. The maximum atomic E-state index is 13.0. The van der Waals surface area contributed by atoms with Crippen LogP contribution >= 0.6 is 11.3 Å². The second-order valence-electron chi connectivity index (χ2n) is 6.57. The van der Waals surface area contributed by atoms with Crippen molar-refractivity contribution in [2.24, 2.45) is 7.05 Å². The Balaban J connectivity index is 1.71. The smallest absolute Gasteiger partial charge is 0.264 e. The van der Waals surface area contributed by atoms with Crippen molar-refractivity contribution in [3.05, 3.63) is 52.4 Å². The van der Waals surface area contributed by atoms with Gasteiger partial charge in [0.15, 0.2) is 5.82 Å². The fourth-order valence-corrected chi connectivity index (χ4v) is 4.19. The predicted octanol–water partition coefficient (Wildman–Crippen LogP) is 3.61. The topological polar surface area (TPSA) is 63.9 Å². The molecule has 0 spiro atoms. The Morgan fingerprint density at radius 3 is 2.92 bits per heavy atom. The van der Waals surface area contributed by atoms with Crippen molar-refractivity contribution in [2.75, 3.05) is 6.54 Å².